The number of hydrogen-bond acceptors (Lipinski definition) is 3. The maximum atomic E-state index is 12.2. The Bertz CT molecular complexity index is 440. The van der Waals surface area contributed by atoms with Crippen molar-refractivity contribution in [3.8, 4) is 0 Å². The SMILES string of the molecule is CCNC(=NCCC(C)N(C)C(=O)OC(C)(C)C)NCCC(F)(F)F.I. The molecule has 0 spiro atoms. The lowest BCUT2D eigenvalue weighted by Crippen LogP contribution is -2.40. The smallest absolute Gasteiger partial charge is 0.410 e. The van der Waals surface area contributed by atoms with Crippen molar-refractivity contribution in [1.29, 1.82) is 0 Å². The lowest BCUT2D eigenvalue weighted by atomic mass is 10.2. The Morgan fingerprint density at radius 2 is 1.81 bits per heavy atom. The number of guanidine groups is 1. The van der Waals surface area contributed by atoms with Crippen LogP contribution in [0.2, 0.25) is 0 Å². The van der Waals surface area contributed by atoms with Gasteiger partial charge in [-0.25, -0.2) is 4.79 Å². The molecule has 2 N–H and O–H groups in total. The first-order chi connectivity index (χ1) is 11.4. The second-order valence-electron chi connectivity index (χ2n) is 6.78. The van der Waals surface area contributed by atoms with Gasteiger partial charge in [-0.15, -0.1) is 24.0 Å². The Morgan fingerprint density at radius 3 is 2.27 bits per heavy atom. The summed E-state index contributed by atoms with van der Waals surface area (Å²) in [6.45, 7) is 9.77. The standard InChI is InChI=1S/C16H31F3N4O2.HI/c1-7-20-13(22-11-9-16(17,18)19)21-10-8-12(2)23(6)14(24)25-15(3,4)5;/h12H,7-11H2,1-6H3,(H2,20,21,22);1H. The molecule has 0 aliphatic heterocycles. The minimum absolute atomic E-state index is 0. The molecule has 0 aromatic heterocycles. The van der Waals surface area contributed by atoms with Crippen molar-refractivity contribution in [2.45, 2.75) is 65.3 Å². The molecule has 10 heteroatoms. The zero-order valence-electron chi connectivity index (χ0n) is 16.4. The number of nitrogens with one attached hydrogen (secondary N) is 2. The first-order valence-corrected chi connectivity index (χ1v) is 8.40. The van der Waals surface area contributed by atoms with Gasteiger partial charge in [-0.2, -0.15) is 13.2 Å². The minimum Gasteiger partial charge on any atom is -0.444 e. The molecule has 156 valence electrons. The molecular weight excluding hydrogens is 464 g/mol. The van der Waals surface area contributed by atoms with Gasteiger partial charge in [0.2, 0.25) is 0 Å². The molecule has 0 fully saturated rings. The fourth-order valence-electron chi connectivity index (χ4n) is 1.74. The molecule has 1 atom stereocenters. The van der Waals surface area contributed by atoms with Crippen LogP contribution >= 0.6 is 24.0 Å². The highest BCUT2D eigenvalue weighted by atomic mass is 127. The number of ether oxygens (including phenoxy) is 1. The Kier molecular flexibility index (Phi) is 13.1. The average molecular weight is 496 g/mol. The molecule has 0 saturated carbocycles. The van der Waals surface area contributed by atoms with Crippen LogP contribution in [0.25, 0.3) is 0 Å². The lowest BCUT2D eigenvalue weighted by molar-refractivity contribution is -0.132. The highest BCUT2D eigenvalue weighted by Crippen LogP contribution is 2.18. The highest BCUT2D eigenvalue weighted by molar-refractivity contribution is 14.0. The predicted octanol–water partition coefficient (Wildman–Crippen LogP) is 3.76. The Balaban J connectivity index is 0. The minimum atomic E-state index is -4.20. The second-order valence-corrected chi connectivity index (χ2v) is 6.78. The van der Waals surface area contributed by atoms with Crippen LogP contribution in [0.1, 0.15) is 47.5 Å². The van der Waals surface area contributed by atoms with E-state index in [-0.39, 0.29) is 36.6 Å². The molecule has 0 radical (unpaired) electrons. The summed E-state index contributed by atoms with van der Waals surface area (Å²) in [7, 11) is 1.65. The van der Waals surface area contributed by atoms with Gasteiger partial charge in [-0.1, -0.05) is 0 Å². The molecule has 0 bridgehead atoms. The molecule has 0 heterocycles. The van der Waals surface area contributed by atoms with Crippen molar-refractivity contribution < 1.29 is 22.7 Å². The van der Waals surface area contributed by atoms with Crippen LogP contribution in [-0.4, -0.2) is 61.5 Å². The van der Waals surface area contributed by atoms with Gasteiger partial charge in [0.25, 0.3) is 0 Å². The van der Waals surface area contributed by atoms with Crippen molar-refractivity contribution in [3.63, 3.8) is 0 Å². The van der Waals surface area contributed by atoms with Gasteiger partial charge in [0.1, 0.15) is 5.60 Å². The van der Waals surface area contributed by atoms with Crippen molar-refractivity contribution >= 4 is 36.0 Å². The molecule has 0 aliphatic carbocycles. The van der Waals surface area contributed by atoms with Gasteiger partial charge in [0.15, 0.2) is 5.96 Å². The molecule has 0 aromatic carbocycles. The number of carbonyl (C=O) groups excluding carboxylic acids is 1. The van der Waals surface area contributed by atoms with Crippen molar-refractivity contribution in [1.82, 2.24) is 15.5 Å². The maximum absolute atomic E-state index is 12.2. The Morgan fingerprint density at radius 1 is 1.23 bits per heavy atom. The first-order valence-electron chi connectivity index (χ1n) is 8.40. The molecule has 0 aromatic rings. The number of aliphatic imine (C=N–C) groups is 1. The van der Waals surface area contributed by atoms with Gasteiger partial charge in [-0.05, 0) is 41.0 Å². The summed E-state index contributed by atoms with van der Waals surface area (Å²) >= 11 is 0. The van der Waals surface area contributed by atoms with Gasteiger partial charge in [0.05, 0.1) is 6.42 Å². The van der Waals surface area contributed by atoms with Crippen LogP contribution < -0.4 is 10.6 Å². The van der Waals surface area contributed by atoms with E-state index in [9.17, 15) is 18.0 Å². The number of halogens is 4. The summed E-state index contributed by atoms with van der Waals surface area (Å²) in [5.74, 6) is 0.332. The molecule has 1 amide bonds. The number of carbonyl (C=O) groups is 1. The van der Waals surface area contributed by atoms with E-state index in [2.05, 4.69) is 15.6 Å². The number of nitrogens with zero attached hydrogens (tertiary/aromatic N) is 2. The normalized spacial score (nSPS) is 13.5. The molecule has 1 unspecified atom stereocenters. The third-order valence-corrected chi connectivity index (χ3v) is 3.20. The Hall–Kier alpha value is -0.940. The second kappa shape index (κ2) is 12.4. The third-order valence-electron chi connectivity index (χ3n) is 3.20. The largest absolute Gasteiger partial charge is 0.444 e. The van der Waals surface area contributed by atoms with Crippen LogP contribution in [0.3, 0.4) is 0 Å². The third kappa shape index (κ3) is 14.3. The summed E-state index contributed by atoms with van der Waals surface area (Å²) in [6, 6.07) is -0.114. The van der Waals surface area contributed by atoms with Crippen LogP contribution in [0, 0.1) is 0 Å². The molecule has 0 saturated heterocycles. The molecule has 26 heavy (non-hydrogen) atoms. The summed E-state index contributed by atoms with van der Waals surface area (Å²) in [6.07, 6.45) is -4.98. The van der Waals surface area contributed by atoms with Gasteiger partial charge in [0, 0.05) is 32.7 Å². The number of rotatable bonds is 7. The fourth-order valence-corrected chi connectivity index (χ4v) is 1.74. The van der Waals surface area contributed by atoms with Gasteiger partial charge in [-0.3, -0.25) is 4.99 Å². The zero-order chi connectivity index (χ0) is 19.7. The maximum Gasteiger partial charge on any atom is 0.410 e. The zero-order valence-corrected chi connectivity index (χ0v) is 18.7. The summed E-state index contributed by atoms with van der Waals surface area (Å²) in [4.78, 5) is 17.7. The number of alkyl halides is 3. The van der Waals surface area contributed by atoms with Gasteiger partial charge >= 0.3 is 12.3 Å². The quantitative estimate of drug-likeness (QED) is 0.320. The van der Waals surface area contributed by atoms with Gasteiger partial charge < -0.3 is 20.3 Å². The molecule has 0 rings (SSSR count). The monoisotopic (exact) mass is 496 g/mol. The lowest BCUT2D eigenvalue weighted by Gasteiger charge is -2.28. The van der Waals surface area contributed by atoms with Crippen LogP contribution in [-0.2, 0) is 4.74 Å². The highest BCUT2D eigenvalue weighted by Gasteiger charge is 2.26. The van der Waals surface area contributed by atoms with Crippen LogP contribution in [0.4, 0.5) is 18.0 Å². The fraction of sp³-hybridized carbons (Fsp3) is 0.875. The van der Waals surface area contributed by atoms with E-state index in [0.717, 1.165) is 0 Å². The summed E-state index contributed by atoms with van der Waals surface area (Å²) in [5.41, 5.74) is -0.566. The van der Waals surface area contributed by atoms with Crippen LogP contribution in [0.15, 0.2) is 4.99 Å². The molecular formula is C16H32F3IN4O2. The van der Waals surface area contributed by atoms with E-state index in [1.807, 2.05) is 13.8 Å². The van der Waals surface area contributed by atoms with E-state index >= 15 is 0 Å². The van der Waals surface area contributed by atoms with E-state index in [1.165, 1.54) is 4.90 Å². The Labute approximate surface area is 171 Å². The van der Waals surface area contributed by atoms with E-state index < -0.39 is 24.3 Å². The van der Waals surface area contributed by atoms with Crippen molar-refractivity contribution in [3.05, 3.63) is 0 Å². The summed E-state index contributed by atoms with van der Waals surface area (Å²) in [5, 5.41) is 5.54. The predicted molar refractivity (Wildman–Crippen MR) is 108 cm³/mol. The topological polar surface area (TPSA) is 66.0 Å². The molecule has 6 nitrogen and oxygen atoms in total. The average Bonchev–Trinajstić information content (AvgIpc) is 2.43. The number of amides is 1. The van der Waals surface area contributed by atoms with Crippen molar-refractivity contribution in [2.24, 2.45) is 4.99 Å². The van der Waals surface area contributed by atoms with E-state index in [1.54, 1.807) is 27.8 Å². The number of hydrogen-bond donors (Lipinski definition) is 2. The van der Waals surface area contributed by atoms with E-state index in [4.69, 9.17) is 4.74 Å². The first kappa shape index (κ1) is 27.3. The molecule has 0 aliphatic rings. The van der Waals surface area contributed by atoms with E-state index in [0.29, 0.717) is 25.5 Å². The summed E-state index contributed by atoms with van der Waals surface area (Å²) < 4.78 is 41.8. The van der Waals surface area contributed by atoms with Crippen LogP contribution in [0.5, 0.6) is 0 Å². The van der Waals surface area contributed by atoms with Crippen molar-refractivity contribution in [2.75, 3.05) is 26.7 Å².